The number of esters is 1. The van der Waals surface area contributed by atoms with Gasteiger partial charge in [-0.3, -0.25) is 4.79 Å². The second-order valence-corrected chi connectivity index (χ2v) is 1.97. The third kappa shape index (κ3) is 5.52. The molecule has 0 spiro atoms. The summed E-state index contributed by atoms with van der Waals surface area (Å²) in [4.78, 5) is 21.2. The first-order chi connectivity index (χ1) is 5.70. The Morgan fingerprint density at radius 3 is 2.58 bits per heavy atom. The van der Waals surface area contributed by atoms with Crippen LogP contribution in [-0.2, 0) is 14.3 Å². The fraction of sp³-hybridized carbons (Fsp3) is 0.714. The maximum absolute atomic E-state index is 10.6. The maximum atomic E-state index is 10.6. The molecule has 0 aromatic heterocycles. The fourth-order valence-electron chi connectivity index (χ4n) is 0.551. The molecule has 70 valence electrons. The molecular weight excluding hydrogens is 162 g/mol. The molecular formula is C7H13NO4. The van der Waals surface area contributed by atoms with E-state index in [1.54, 1.807) is 6.92 Å². The van der Waals surface area contributed by atoms with Crippen LogP contribution in [0.15, 0.2) is 0 Å². The Labute approximate surface area is 71.0 Å². The molecule has 0 saturated carbocycles. The Morgan fingerprint density at radius 1 is 1.42 bits per heavy atom. The summed E-state index contributed by atoms with van der Waals surface area (Å²) in [5.74, 6) is -0.355. The van der Waals surface area contributed by atoms with Crippen LogP contribution in [-0.4, -0.2) is 32.3 Å². The van der Waals surface area contributed by atoms with Gasteiger partial charge >= 0.3 is 12.1 Å². The van der Waals surface area contributed by atoms with E-state index in [4.69, 9.17) is 0 Å². The van der Waals surface area contributed by atoms with Crippen molar-refractivity contribution in [3.8, 4) is 0 Å². The number of hydrogen-bond donors (Lipinski definition) is 1. The third-order valence-electron chi connectivity index (χ3n) is 1.10. The number of amides is 1. The summed E-state index contributed by atoms with van der Waals surface area (Å²) in [6.45, 7) is 2.27. The molecule has 0 bridgehead atoms. The van der Waals surface area contributed by atoms with Gasteiger partial charge in [-0.2, -0.15) is 0 Å². The second-order valence-electron chi connectivity index (χ2n) is 1.97. The molecule has 0 atom stereocenters. The van der Waals surface area contributed by atoms with E-state index in [9.17, 15) is 9.59 Å². The third-order valence-corrected chi connectivity index (χ3v) is 1.10. The summed E-state index contributed by atoms with van der Waals surface area (Å²) in [5, 5.41) is 2.39. The second kappa shape index (κ2) is 6.45. The van der Waals surface area contributed by atoms with Gasteiger partial charge in [-0.15, -0.1) is 0 Å². The van der Waals surface area contributed by atoms with Crippen LogP contribution >= 0.6 is 0 Å². The van der Waals surface area contributed by atoms with Crippen molar-refractivity contribution in [3.63, 3.8) is 0 Å². The van der Waals surface area contributed by atoms with E-state index < -0.39 is 6.09 Å². The summed E-state index contributed by atoms with van der Waals surface area (Å²) in [5.41, 5.74) is 0. The average molecular weight is 175 g/mol. The Hall–Kier alpha value is -1.26. The van der Waals surface area contributed by atoms with Crippen LogP contribution in [0.2, 0.25) is 0 Å². The zero-order valence-electron chi connectivity index (χ0n) is 7.25. The molecule has 5 heteroatoms. The first-order valence-electron chi connectivity index (χ1n) is 3.68. The van der Waals surface area contributed by atoms with Gasteiger partial charge in [0.25, 0.3) is 0 Å². The first kappa shape index (κ1) is 10.7. The van der Waals surface area contributed by atoms with E-state index in [0.29, 0.717) is 6.61 Å². The minimum atomic E-state index is -0.513. The van der Waals surface area contributed by atoms with Gasteiger partial charge in [0.1, 0.15) is 0 Å². The molecule has 0 aliphatic rings. The molecule has 0 saturated heterocycles. The normalized spacial score (nSPS) is 8.83. The van der Waals surface area contributed by atoms with E-state index in [1.165, 1.54) is 7.11 Å². The highest BCUT2D eigenvalue weighted by molar-refractivity contribution is 5.71. The van der Waals surface area contributed by atoms with Gasteiger partial charge in [0.15, 0.2) is 0 Å². The van der Waals surface area contributed by atoms with Crippen molar-refractivity contribution < 1.29 is 19.1 Å². The number of alkyl carbamates (subject to hydrolysis) is 1. The van der Waals surface area contributed by atoms with Gasteiger partial charge in [-0.25, -0.2) is 4.79 Å². The summed E-state index contributed by atoms with van der Waals surface area (Å²) >= 11 is 0. The van der Waals surface area contributed by atoms with Crippen molar-refractivity contribution >= 4 is 12.1 Å². The van der Waals surface area contributed by atoms with Crippen LogP contribution in [0.3, 0.4) is 0 Å². The number of rotatable bonds is 4. The van der Waals surface area contributed by atoms with Gasteiger partial charge in [0.05, 0.1) is 20.1 Å². The van der Waals surface area contributed by atoms with E-state index in [2.05, 4.69) is 14.8 Å². The topological polar surface area (TPSA) is 64.6 Å². The molecule has 1 amide bonds. The Balaban J connectivity index is 3.30. The smallest absolute Gasteiger partial charge is 0.407 e. The Morgan fingerprint density at radius 2 is 2.08 bits per heavy atom. The van der Waals surface area contributed by atoms with Gasteiger partial charge in [-0.1, -0.05) is 0 Å². The molecule has 0 aliphatic carbocycles. The number of carbonyl (C=O) groups excluding carboxylic acids is 2. The van der Waals surface area contributed by atoms with Crippen molar-refractivity contribution in [1.29, 1.82) is 0 Å². The van der Waals surface area contributed by atoms with Crippen LogP contribution in [0.4, 0.5) is 4.79 Å². The standard InChI is InChI=1S/C7H13NO4/c1-3-12-7(10)8-5-4-6(9)11-2/h3-5H2,1-2H3,(H,8,10). The van der Waals surface area contributed by atoms with Crippen LogP contribution in [0.25, 0.3) is 0 Å². The Bertz CT molecular complexity index is 157. The molecule has 0 fully saturated rings. The predicted octanol–water partition coefficient (Wildman–Crippen LogP) is 0.296. The van der Waals surface area contributed by atoms with E-state index in [-0.39, 0.29) is 18.9 Å². The lowest BCUT2D eigenvalue weighted by molar-refractivity contribution is -0.140. The molecule has 0 radical (unpaired) electrons. The minimum absolute atomic E-state index is 0.162. The quantitative estimate of drug-likeness (QED) is 0.624. The van der Waals surface area contributed by atoms with Crippen LogP contribution in [0.1, 0.15) is 13.3 Å². The number of methoxy groups -OCH3 is 1. The highest BCUT2D eigenvalue weighted by atomic mass is 16.5. The van der Waals surface area contributed by atoms with Crippen LogP contribution in [0.5, 0.6) is 0 Å². The molecule has 5 nitrogen and oxygen atoms in total. The fourth-order valence-corrected chi connectivity index (χ4v) is 0.551. The molecule has 0 rings (SSSR count). The van der Waals surface area contributed by atoms with Crippen molar-refractivity contribution in [2.75, 3.05) is 20.3 Å². The lowest BCUT2D eigenvalue weighted by Gasteiger charge is -2.03. The van der Waals surface area contributed by atoms with E-state index in [0.717, 1.165) is 0 Å². The zero-order chi connectivity index (χ0) is 9.40. The zero-order valence-corrected chi connectivity index (χ0v) is 7.25. The molecule has 0 unspecified atom stereocenters. The van der Waals surface area contributed by atoms with Gasteiger partial charge in [0, 0.05) is 6.54 Å². The van der Waals surface area contributed by atoms with Crippen LogP contribution < -0.4 is 5.32 Å². The van der Waals surface area contributed by atoms with Crippen molar-refractivity contribution in [2.45, 2.75) is 13.3 Å². The molecule has 12 heavy (non-hydrogen) atoms. The largest absolute Gasteiger partial charge is 0.469 e. The lowest BCUT2D eigenvalue weighted by atomic mass is 10.4. The SMILES string of the molecule is CCOC(=O)NCCC(=O)OC. The molecule has 0 heterocycles. The summed E-state index contributed by atoms with van der Waals surface area (Å²) < 4.78 is 8.92. The average Bonchev–Trinajstić information content (AvgIpc) is 2.04. The van der Waals surface area contributed by atoms with Gasteiger partial charge < -0.3 is 14.8 Å². The Kier molecular flexibility index (Phi) is 5.77. The summed E-state index contributed by atoms with van der Waals surface area (Å²) in [7, 11) is 1.30. The summed E-state index contributed by atoms with van der Waals surface area (Å²) in [6.07, 6.45) is -0.351. The van der Waals surface area contributed by atoms with Gasteiger partial charge in [0.2, 0.25) is 0 Å². The van der Waals surface area contributed by atoms with Crippen LogP contribution in [0, 0.1) is 0 Å². The number of ether oxygens (including phenoxy) is 2. The summed E-state index contributed by atoms with van der Waals surface area (Å²) in [6, 6.07) is 0. The van der Waals surface area contributed by atoms with Crippen molar-refractivity contribution in [2.24, 2.45) is 0 Å². The lowest BCUT2D eigenvalue weighted by Crippen LogP contribution is -2.26. The maximum Gasteiger partial charge on any atom is 0.407 e. The predicted molar refractivity (Wildman–Crippen MR) is 41.7 cm³/mol. The first-order valence-corrected chi connectivity index (χ1v) is 3.68. The number of hydrogen-bond acceptors (Lipinski definition) is 4. The number of carbonyl (C=O) groups is 2. The highest BCUT2D eigenvalue weighted by Crippen LogP contribution is 1.82. The number of nitrogens with one attached hydrogen (secondary N) is 1. The highest BCUT2D eigenvalue weighted by Gasteiger charge is 2.02. The van der Waals surface area contributed by atoms with E-state index >= 15 is 0 Å². The van der Waals surface area contributed by atoms with Gasteiger partial charge in [-0.05, 0) is 6.92 Å². The minimum Gasteiger partial charge on any atom is -0.469 e. The molecule has 0 aromatic rings. The van der Waals surface area contributed by atoms with E-state index in [1.807, 2.05) is 0 Å². The monoisotopic (exact) mass is 175 g/mol. The molecule has 0 aliphatic heterocycles. The van der Waals surface area contributed by atoms with Crippen molar-refractivity contribution in [3.05, 3.63) is 0 Å². The molecule has 0 aromatic carbocycles. The van der Waals surface area contributed by atoms with Crippen molar-refractivity contribution in [1.82, 2.24) is 5.32 Å². The molecule has 1 N–H and O–H groups in total.